The number of rotatable bonds is 3. The second kappa shape index (κ2) is 7.30. The molecule has 0 saturated carbocycles. The molecule has 146 valence electrons. The van der Waals surface area contributed by atoms with E-state index in [0.717, 1.165) is 41.8 Å². The number of hydrogen-bond acceptors (Lipinski definition) is 3. The summed E-state index contributed by atoms with van der Waals surface area (Å²) in [6.45, 7) is 0.636. The van der Waals surface area contributed by atoms with Crippen LogP contribution in [0.3, 0.4) is 0 Å². The Morgan fingerprint density at radius 1 is 1.10 bits per heavy atom. The summed E-state index contributed by atoms with van der Waals surface area (Å²) in [5.74, 6) is -0.100. The molecule has 1 unspecified atom stereocenters. The summed E-state index contributed by atoms with van der Waals surface area (Å²) < 4.78 is 14.1. The van der Waals surface area contributed by atoms with Crippen molar-refractivity contribution >= 4 is 23.4 Å². The number of anilines is 1. The maximum atomic E-state index is 14.1. The SMILES string of the molecule is CSc1cc2c(cc1F)CCN2C(=O)C1Cc2ccc(-c3ccccn3)cc2C1. The molecule has 1 amide bonds. The van der Waals surface area contributed by atoms with Gasteiger partial charge in [-0.3, -0.25) is 9.78 Å². The third-order valence-electron chi connectivity index (χ3n) is 5.96. The first kappa shape index (κ1) is 18.4. The monoisotopic (exact) mass is 404 g/mol. The van der Waals surface area contributed by atoms with Crippen molar-refractivity contribution in [2.75, 3.05) is 17.7 Å². The minimum atomic E-state index is -0.194. The van der Waals surface area contributed by atoms with Crippen molar-refractivity contribution in [3.8, 4) is 11.3 Å². The third kappa shape index (κ3) is 3.23. The molecule has 1 aliphatic carbocycles. The van der Waals surface area contributed by atoms with Crippen molar-refractivity contribution in [3.05, 3.63) is 77.2 Å². The molecule has 1 aliphatic heterocycles. The molecule has 0 radical (unpaired) electrons. The van der Waals surface area contributed by atoms with Crippen molar-refractivity contribution in [1.29, 1.82) is 0 Å². The second-order valence-corrected chi connectivity index (χ2v) is 8.51. The lowest BCUT2D eigenvalue weighted by Crippen LogP contribution is -2.35. The summed E-state index contributed by atoms with van der Waals surface area (Å²) in [4.78, 5) is 20.2. The zero-order valence-electron chi connectivity index (χ0n) is 16.2. The molecule has 5 heteroatoms. The van der Waals surface area contributed by atoms with Crippen LogP contribution in [0.1, 0.15) is 16.7 Å². The van der Waals surface area contributed by atoms with Crippen LogP contribution in [0, 0.1) is 11.7 Å². The van der Waals surface area contributed by atoms with Crippen LogP contribution in [-0.4, -0.2) is 23.7 Å². The highest BCUT2D eigenvalue weighted by atomic mass is 32.2. The van der Waals surface area contributed by atoms with Crippen LogP contribution in [-0.2, 0) is 24.1 Å². The minimum Gasteiger partial charge on any atom is -0.312 e. The molecule has 2 heterocycles. The Bertz CT molecular complexity index is 1100. The van der Waals surface area contributed by atoms with Crippen LogP contribution in [0.5, 0.6) is 0 Å². The Balaban J connectivity index is 1.39. The van der Waals surface area contributed by atoms with Gasteiger partial charge in [0.15, 0.2) is 0 Å². The molecule has 3 nitrogen and oxygen atoms in total. The number of fused-ring (bicyclic) bond motifs is 2. The van der Waals surface area contributed by atoms with E-state index in [1.54, 1.807) is 12.3 Å². The van der Waals surface area contributed by atoms with Crippen LogP contribution >= 0.6 is 11.8 Å². The van der Waals surface area contributed by atoms with E-state index in [1.807, 2.05) is 35.4 Å². The normalized spacial score (nSPS) is 17.3. The number of carbonyl (C=O) groups excluding carboxylic acids is 1. The lowest BCUT2D eigenvalue weighted by Gasteiger charge is -2.21. The number of halogens is 1. The molecular weight excluding hydrogens is 383 g/mol. The van der Waals surface area contributed by atoms with Crippen LogP contribution in [0.2, 0.25) is 0 Å². The van der Waals surface area contributed by atoms with Crippen molar-refractivity contribution in [2.24, 2.45) is 5.92 Å². The molecule has 0 fully saturated rings. The lowest BCUT2D eigenvalue weighted by molar-refractivity contribution is -0.122. The van der Waals surface area contributed by atoms with E-state index in [-0.39, 0.29) is 17.6 Å². The Labute approximate surface area is 174 Å². The van der Waals surface area contributed by atoms with E-state index >= 15 is 0 Å². The molecule has 0 N–H and O–H groups in total. The number of thioether (sulfide) groups is 1. The Hall–Kier alpha value is -2.66. The van der Waals surface area contributed by atoms with Crippen molar-refractivity contribution in [1.82, 2.24) is 4.98 Å². The highest BCUT2D eigenvalue weighted by molar-refractivity contribution is 7.98. The van der Waals surface area contributed by atoms with Crippen molar-refractivity contribution in [3.63, 3.8) is 0 Å². The van der Waals surface area contributed by atoms with Gasteiger partial charge >= 0.3 is 0 Å². The van der Waals surface area contributed by atoms with E-state index < -0.39 is 0 Å². The molecule has 0 spiro atoms. The molecule has 1 aromatic heterocycles. The fourth-order valence-electron chi connectivity index (χ4n) is 4.48. The van der Waals surface area contributed by atoms with E-state index in [4.69, 9.17) is 0 Å². The molecule has 2 aromatic carbocycles. The van der Waals surface area contributed by atoms with Gasteiger partial charge in [-0.05, 0) is 72.5 Å². The standard InChI is InChI=1S/C24H21FN2OS/c1-29-23-14-22-17(13-20(23)25)7-9-27(22)24(28)19-10-15-5-6-16(11-18(15)12-19)21-4-2-3-8-26-21/h2-6,8,11,13-14,19H,7,9-10,12H2,1H3. The largest absolute Gasteiger partial charge is 0.312 e. The average molecular weight is 405 g/mol. The van der Waals surface area contributed by atoms with Crippen LogP contribution in [0.25, 0.3) is 11.3 Å². The van der Waals surface area contributed by atoms with Gasteiger partial charge in [0.25, 0.3) is 0 Å². The molecule has 2 aliphatic rings. The number of benzene rings is 2. The molecule has 0 bridgehead atoms. The number of pyridine rings is 1. The number of nitrogens with zero attached hydrogens (tertiary/aromatic N) is 2. The predicted molar refractivity (Wildman–Crippen MR) is 115 cm³/mol. The lowest BCUT2D eigenvalue weighted by atomic mass is 10.0. The maximum Gasteiger partial charge on any atom is 0.230 e. The second-order valence-electron chi connectivity index (χ2n) is 7.66. The first-order chi connectivity index (χ1) is 14.1. The van der Waals surface area contributed by atoms with Gasteiger partial charge in [0, 0.05) is 34.8 Å². The third-order valence-corrected chi connectivity index (χ3v) is 6.72. The van der Waals surface area contributed by atoms with Gasteiger partial charge in [-0.1, -0.05) is 18.2 Å². The van der Waals surface area contributed by atoms with Gasteiger partial charge in [0.05, 0.1) is 5.69 Å². The summed E-state index contributed by atoms with van der Waals surface area (Å²) >= 11 is 1.38. The van der Waals surface area contributed by atoms with Gasteiger partial charge in [-0.25, -0.2) is 4.39 Å². The van der Waals surface area contributed by atoms with Crippen molar-refractivity contribution < 1.29 is 9.18 Å². The zero-order valence-corrected chi connectivity index (χ0v) is 17.0. The summed E-state index contributed by atoms with van der Waals surface area (Å²) in [6, 6.07) is 15.7. The fraction of sp³-hybridized carbons (Fsp3) is 0.250. The number of hydrogen-bond donors (Lipinski definition) is 0. The van der Waals surface area contributed by atoms with Gasteiger partial charge in [0.1, 0.15) is 5.82 Å². The van der Waals surface area contributed by atoms with Gasteiger partial charge < -0.3 is 4.90 Å². The summed E-state index contributed by atoms with van der Waals surface area (Å²) in [5, 5.41) is 0. The van der Waals surface area contributed by atoms with Gasteiger partial charge in [-0.2, -0.15) is 0 Å². The summed E-state index contributed by atoms with van der Waals surface area (Å²) in [5.41, 5.74) is 6.32. The number of amides is 1. The first-order valence-electron chi connectivity index (χ1n) is 9.85. The average Bonchev–Trinajstić information content (AvgIpc) is 3.36. The summed E-state index contributed by atoms with van der Waals surface area (Å²) in [6.07, 6.45) is 5.89. The van der Waals surface area contributed by atoms with Crippen LogP contribution in [0.15, 0.2) is 59.6 Å². The molecule has 5 rings (SSSR count). The molecular formula is C24H21FN2OS. The topological polar surface area (TPSA) is 33.2 Å². The highest BCUT2D eigenvalue weighted by Crippen LogP contribution is 2.37. The quantitative estimate of drug-likeness (QED) is 0.582. The Kier molecular flexibility index (Phi) is 4.63. The van der Waals surface area contributed by atoms with Crippen molar-refractivity contribution in [2.45, 2.75) is 24.2 Å². The zero-order chi connectivity index (χ0) is 20.0. The smallest absolute Gasteiger partial charge is 0.230 e. The van der Waals surface area contributed by atoms with Crippen LogP contribution < -0.4 is 4.90 Å². The van der Waals surface area contributed by atoms with Gasteiger partial charge in [0.2, 0.25) is 5.91 Å². The Morgan fingerprint density at radius 2 is 1.97 bits per heavy atom. The molecule has 1 atom stereocenters. The maximum absolute atomic E-state index is 14.1. The molecule has 29 heavy (non-hydrogen) atoms. The van der Waals surface area contributed by atoms with E-state index in [9.17, 15) is 9.18 Å². The molecule has 0 saturated heterocycles. The minimum absolute atomic E-state index is 0.0577. The first-order valence-corrected chi connectivity index (χ1v) is 11.1. The van der Waals surface area contributed by atoms with Gasteiger partial charge in [-0.15, -0.1) is 11.8 Å². The van der Waals surface area contributed by atoms with E-state index in [0.29, 0.717) is 11.4 Å². The molecule has 3 aromatic rings. The highest BCUT2D eigenvalue weighted by Gasteiger charge is 2.34. The van der Waals surface area contributed by atoms with Crippen LogP contribution in [0.4, 0.5) is 10.1 Å². The Morgan fingerprint density at radius 3 is 2.76 bits per heavy atom. The number of carbonyl (C=O) groups is 1. The number of aromatic nitrogens is 1. The predicted octanol–water partition coefficient (Wildman–Crippen LogP) is 4.91. The van der Waals surface area contributed by atoms with E-state index in [2.05, 4.69) is 23.2 Å². The fourth-order valence-corrected chi connectivity index (χ4v) is 4.96. The summed E-state index contributed by atoms with van der Waals surface area (Å²) in [7, 11) is 0. The van der Waals surface area contributed by atoms with E-state index in [1.165, 1.54) is 22.9 Å².